The Morgan fingerprint density at radius 3 is 2.36 bits per heavy atom. The van der Waals surface area contributed by atoms with Crippen LogP contribution in [0.4, 0.5) is 13.2 Å². The Morgan fingerprint density at radius 1 is 1.13 bits per heavy atom. The molecule has 1 atom stereocenters. The Hall–Kier alpha value is -3.80. The van der Waals surface area contributed by atoms with Crippen LogP contribution in [0.2, 0.25) is 0 Å². The van der Waals surface area contributed by atoms with Crippen molar-refractivity contribution in [1.82, 2.24) is 9.80 Å². The van der Waals surface area contributed by atoms with E-state index in [-0.39, 0.29) is 30.3 Å². The van der Waals surface area contributed by atoms with Crippen LogP contribution in [-0.2, 0) is 25.7 Å². The molecule has 4 aliphatic rings. The third-order valence-corrected chi connectivity index (χ3v) is 9.08. The summed E-state index contributed by atoms with van der Waals surface area (Å²) in [6.07, 6.45) is 1.92. The number of esters is 1. The molecule has 0 amide bonds. The number of ether oxygens (including phenoxy) is 2. The number of amidine groups is 1. The Bertz CT molecular complexity index is 1420. The fourth-order valence-corrected chi connectivity index (χ4v) is 6.56. The maximum Gasteiger partial charge on any atom is 0.311 e. The number of hydrogen-bond donors (Lipinski definition) is 1. The SMILES string of the molecule is CCOC(=O)C1(C)CCN(C2=NOC3(C2)CN(Cc2cc(OCC)c(-c4ccc(F)cc4)c(C4CC4(F)F)c2)C3)CC1.O=CO. The fourth-order valence-electron chi connectivity index (χ4n) is 6.56. The van der Waals surface area contributed by atoms with Gasteiger partial charge in [-0.05, 0) is 68.5 Å². The van der Waals surface area contributed by atoms with Gasteiger partial charge in [-0.3, -0.25) is 14.5 Å². The molecule has 2 aromatic rings. The molecular formula is C33H40F3N3O6. The Balaban J connectivity index is 0.00000128. The van der Waals surface area contributed by atoms with Gasteiger partial charge in [0.05, 0.1) is 31.0 Å². The molecule has 1 saturated carbocycles. The van der Waals surface area contributed by atoms with E-state index in [1.807, 2.05) is 32.9 Å². The van der Waals surface area contributed by atoms with Crippen molar-refractivity contribution in [2.45, 2.75) is 70.4 Å². The highest BCUT2D eigenvalue weighted by Crippen LogP contribution is 2.59. The molecule has 0 bridgehead atoms. The second-order valence-electron chi connectivity index (χ2n) is 12.5. The molecule has 1 N–H and O–H groups in total. The smallest absolute Gasteiger partial charge is 0.311 e. The minimum atomic E-state index is -2.76. The summed E-state index contributed by atoms with van der Waals surface area (Å²) in [5, 5.41) is 11.3. The molecule has 2 saturated heterocycles. The van der Waals surface area contributed by atoms with Crippen LogP contribution < -0.4 is 4.74 Å². The Morgan fingerprint density at radius 2 is 1.78 bits per heavy atom. The minimum Gasteiger partial charge on any atom is -0.493 e. The van der Waals surface area contributed by atoms with Crippen LogP contribution in [0.3, 0.4) is 0 Å². The number of likely N-dealkylation sites (tertiary alicyclic amines) is 2. The molecule has 9 nitrogen and oxygen atoms in total. The quantitative estimate of drug-likeness (QED) is 0.294. The van der Waals surface area contributed by atoms with Crippen LogP contribution in [-0.4, -0.2) is 84.1 Å². The molecule has 1 unspecified atom stereocenters. The van der Waals surface area contributed by atoms with E-state index in [0.717, 1.165) is 24.5 Å². The summed E-state index contributed by atoms with van der Waals surface area (Å²) < 4.78 is 53.6. The van der Waals surface area contributed by atoms with Gasteiger partial charge >= 0.3 is 5.97 Å². The molecule has 1 aliphatic carbocycles. The van der Waals surface area contributed by atoms with Crippen LogP contribution in [0.1, 0.15) is 63.5 Å². The van der Waals surface area contributed by atoms with Crippen molar-refractivity contribution in [3.8, 4) is 16.9 Å². The highest BCUT2D eigenvalue weighted by atomic mass is 19.3. The largest absolute Gasteiger partial charge is 0.493 e. The summed E-state index contributed by atoms with van der Waals surface area (Å²) in [7, 11) is 0. The Kier molecular flexibility index (Phi) is 9.34. The van der Waals surface area contributed by atoms with E-state index in [1.54, 1.807) is 12.1 Å². The summed E-state index contributed by atoms with van der Waals surface area (Å²) >= 11 is 0. The third kappa shape index (κ3) is 6.90. The van der Waals surface area contributed by atoms with E-state index < -0.39 is 17.3 Å². The molecule has 3 fully saturated rings. The number of carbonyl (C=O) groups excluding carboxylic acids is 1. The molecule has 1 spiro atoms. The number of halogens is 3. The summed E-state index contributed by atoms with van der Waals surface area (Å²) in [6.45, 7) is 9.55. The summed E-state index contributed by atoms with van der Waals surface area (Å²) in [5.41, 5.74) is 1.86. The second kappa shape index (κ2) is 12.9. The zero-order valence-corrected chi connectivity index (χ0v) is 25.9. The molecule has 3 aliphatic heterocycles. The molecule has 3 heterocycles. The van der Waals surface area contributed by atoms with E-state index in [1.165, 1.54) is 12.1 Å². The third-order valence-electron chi connectivity index (χ3n) is 9.08. The monoisotopic (exact) mass is 631 g/mol. The van der Waals surface area contributed by atoms with Crippen molar-refractivity contribution in [1.29, 1.82) is 0 Å². The van der Waals surface area contributed by atoms with Gasteiger partial charge in [0, 0.05) is 44.7 Å². The molecule has 6 rings (SSSR count). The lowest BCUT2D eigenvalue weighted by molar-refractivity contribution is -0.156. The van der Waals surface area contributed by atoms with Gasteiger partial charge in [0.15, 0.2) is 5.60 Å². The van der Waals surface area contributed by atoms with Crippen LogP contribution in [0.5, 0.6) is 5.75 Å². The second-order valence-corrected chi connectivity index (χ2v) is 12.5. The van der Waals surface area contributed by atoms with Gasteiger partial charge in [0.2, 0.25) is 0 Å². The summed E-state index contributed by atoms with van der Waals surface area (Å²) in [6, 6.07) is 9.70. The Labute approximate surface area is 260 Å². The summed E-state index contributed by atoms with van der Waals surface area (Å²) in [5.74, 6) is -2.70. The number of alkyl halides is 2. The molecule has 0 aromatic heterocycles. The van der Waals surface area contributed by atoms with Crippen LogP contribution in [0.15, 0.2) is 41.6 Å². The van der Waals surface area contributed by atoms with Gasteiger partial charge < -0.3 is 24.3 Å². The van der Waals surface area contributed by atoms with Gasteiger partial charge in [0.25, 0.3) is 12.4 Å². The number of carboxylic acid groups (broad SMARTS) is 1. The van der Waals surface area contributed by atoms with Crippen molar-refractivity contribution in [2.24, 2.45) is 10.6 Å². The molecule has 45 heavy (non-hydrogen) atoms. The number of carbonyl (C=O) groups is 2. The number of rotatable bonds is 8. The van der Waals surface area contributed by atoms with E-state index >= 15 is 0 Å². The maximum atomic E-state index is 14.4. The molecule has 0 radical (unpaired) electrons. The highest BCUT2D eigenvalue weighted by Gasteiger charge is 2.58. The number of benzene rings is 2. The first-order chi connectivity index (χ1) is 21.5. The lowest BCUT2D eigenvalue weighted by Crippen LogP contribution is -2.61. The molecule has 244 valence electrons. The number of hydrogen-bond acceptors (Lipinski definition) is 8. The average molecular weight is 632 g/mol. The zero-order valence-electron chi connectivity index (χ0n) is 25.9. The van der Waals surface area contributed by atoms with Crippen molar-refractivity contribution in [3.05, 3.63) is 53.3 Å². The summed E-state index contributed by atoms with van der Waals surface area (Å²) in [4.78, 5) is 31.1. The van der Waals surface area contributed by atoms with Gasteiger partial charge in [-0.2, -0.15) is 0 Å². The standard InChI is InChI=1S/C32H38F3N3O4.CH2O2/c1-4-40-26-15-21(14-24(25-16-32(25,34)35)28(26)22-6-8-23(33)9-7-22)18-37-19-31(20-37)17-27(36-42-31)38-12-10-30(3,11-13-38)29(39)41-5-2;2-1-3/h6-9,14-15,25H,4-5,10-13,16-20H2,1-3H3;1H,(H,2,3). The van der Waals surface area contributed by atoms with Gasteiger partial charge in [-0.25, -0.2) is 13.2 Å². The minimum absolute atomic E-state index is 0.132. The fraction of sp³-hybridized carbons (Fsp3) is 0.545. The molecular weight excluding hydrogens is 591 g/mol. The number of oxime groups is 1. The lowest BCUT2D eigenvalue weighted by Gasteiger charge is -2.46. The average Bonchev–Trinajstić information content (AvgIpc) is 3.40. The van der Waals surface area contributed by atoms with Crippen molar-refractivity contribution in [2.75, 3.05) is 39.4 Å². The van der Waals surface area contributed by atoms with Crippen LogP contribution in [0.25, 0.3) is 11.1 Å². The van der Waals surface area contributed by atoms with E-state index in [4.69, 9.17) is 24.2 Å². The number of nitrogens with zero attached hydrogens (tertiary/aromatic N) is 3. The van der Waals surface area contributed by atoms with Crippen molar-refractivity contribution < 1.29 is 42.2 Å². The highest BCUT2D eigenvalue weighted by molar-refractivity contribution is 5.85. The predicted octanol–water partition coefficient (Wildman–Crippen LogP) is 5.67. The van der Waals surface area contributed by atoms with Crippen molar-refractivity contribution in [3.63, 3.8) is 0 Å². The normalized spacial score (nSPS) is 22.3. The zero-order chi connectivity index (χ0) is 32.4. The first-order valence-corrected chi connectivity index (χ1v) is 15.4. The van der Waals surface area contributed by atoms with Gasteiger partial charge in [-0.1, -0.05) is 23.4 Å². The van der Waals surface area contributed by atoms with Gasteiger partial charge in [0.1, 0.15) is 17.4 Å². The predicted molar refractivity (Wildman–Crippen MR) is 161 cm³/mol. The van der Waals surface area contributed by atoms with Crippen LogP contribution >= 0.6 is 0 Å². The van der Waals surface area contributed by atoms with Gasteiger partial charge in [-0.15, -0.1) is 0 Å². The molecule has 12 heteroatoms. The topological polar surface area (TPSA) is 101 Å². The van der Waals surface area contributed by atoms with E-state index in [0.29, 0.717) is 74.6 Å². The first-order valence-electron chi connectivity index (χ1n) is 15.4. The molecule has 2 aromatic carbocycles. The van der Waals surface area contributed by atoms with E-state index in [2.05, 4.69) is 15.0 Å². The maximum absolute atomic E-state index is 14.4. The first kappa shape index (κ1) is 32.6. The van der Waals surface area contributed by atoms with Crippen molar-refractivity contribution >= 4 is 18.3 Å². The lowest BCUT2D eigenvalue weighted by atomic mass is 9.80. The number of piperidine rings is 1. The van der Waals surface area contributed by atoms with Crippen LogP contribution in [0, 0.1) is 11.2 Å². The van der Waals surface area contributed by atoms with E-state index in [9.17, 15) is 18.0 Å².